The van der Waals surface area contributed by atoms with Gasteiger partial charge in [-0.25, -0.2) is 9.97 Å². The first-order valence-electron chi connectivity index (χ1n) is 11.2. The lowest BCUT2D eigenvalue weighted by atomic mass is 10.1. The minimum Gasteiger partial charge on any atom is -0.382 e. The Hall–Kier alpha value is -3.45. The number of nitrogens with one attached hydrogen (secondary N) is 1. The van der Waals surface area contributed by atoms with Crippen molar-refractivity contribution in [3.8, 4) is 0 Å². The quantitative estimate of drug-likeness (QED) is 0.368. The number of unbranched alkanes of at least 4 members (excludes halogenated alkanes) is 1. The monoisotopic (exact) mass is 430 g/mol. The fourth-order valence-corrected chi connectivity index (χ4v) is 3.96. The van der Waals surface area contributed by atoms with E-state index >= 15 is 0 Å². The third-order valence-electron chi connectivity index (χ3n) is 5.63. The van der Waals surface area contributed by atoms with Crippen molar-refractivity contribution in [1.29, 1.82) is 0 Å². The van der Waals surface area contributed by atoms with Gasteiger partial charge in [0, 0.05) is 30.5 Å². The van der Waals surface area contributed by atoms with Crippen molar-refractivity contribution in [2.24, 2.45) is 5.73 Å². The van der Waals surface area contributed by atoms with E-state index in [1.807, 2.05) is 42.5 Å². The number of pyridine rings is 1. The first-order chi connectivity index (χ1) is 15.6. The number of aryl methyl sites for hydroxylation is 1. The number of hydrogen-bond donors (Lipinski definition) is 3. The van der Waals surface area contributed by atoms with Crippen LogP contribution < -0.4 is 16.8 Å². The van der Waals surface area contributed by atoms with Crippen molar-refractivity contribution in [3.05, 3.63) is 59.9 Å². The number of carbonyl (C=O) groups is 1. The maximum atomic E-state index is 12.0. The molecule has 1 amide bonds. The lowest BCUT2D eigenvalue weighted by Gasteiger charge is -2.12. The van der Waals surface area contributed by atoms with Crippen LogP contribution in [-0.4, -0.2) is 27.0 Å². The summed E-state index contributed by atoms with van der Waals surface area (Å²) in [6.45, 7) is 3.36. The van der Waals surface area contributed by atoms with Gasteiger partial charge in [-0.3, -0.25) is 4.79 Å². The second-order valence-electron chi connectivity index (χ2n) is 8.07. The second kappa shape index (κ2) is 9.78. The predicted molar refractivity (Wildman–Crippen MR) is 131 cm³/mol. The summed E-state index contributed by atoms with van der Waals surface area (Å²) in [5.41, 5.74) is 16.3. The molecule has 32 heavy (non-hydrogen) atoms. The van der Waals surface area contributed by atoms with Crippen molar-refractivity contribution >= 4 is 39.3 Å². The van der Waals surface area contributed by atoms with E-state index in [2.05, 4.69) is 27.9 Å². The third kappa shape index (κ3) is 4.57. The van der Waals surface area contributed by atoms with Crippen LogP contribution in [0.2, 0.25) is 0 Å². The van der Waals surface area contributed by atoms with E-state index in [0.717, 1.165) is 58.3 Å². The molecular weight excluding hydrogens is 400 g/mol. The van der Waals surface area contributed by atoms with E-state index in [1.165, 1.54) is 0 Å². The number of nitrogens with zero attached hydrogens (tertiary/aromatic N) is 3. The molecule has 2 aromatic heterocycles. The number of carbonyl (C=O) groups excluding carboxylic acids is 1. The predicted octanol–water partition coefficient (Wildman–Crippen LogP) is 4.24. The van der Waals surface area contributed by atoms with Gasteiger partial charge in [-0.1, -0.05) is 43.7 Å². The number of aromatic nitrogens is 3. The first kappa shape index (κ1) is 21.8. The molecule has 7 heteroatoms. The molecule has 0 spiro atoms. The second-order valence-corrected chi connectivity index (χ2v) is 8.07. The zero-order chi connectivity index (χ0) is 22.5. The van der Waals surface area contributed by atoms with Crippen molar-refractivity contribution in [2.75, 3.05) is 17.6 Å². The summed E-state index contributed by atoms with van der Waals surface area (Å²) in [7, 11) is 0. The number of amides is 1. The molecule has 5 N–H and O–H groups in total. The number of benzene rings is 2. The largest absolute Gasteiger partial charge is 0.382 e. The number of para-hydroxylation sites is 1. The number of fused-ring (bicyclic) bond motifs is 3. The summed E-state index contributed by atoms with van der Waals surface area (Å²) in [5.74, 6) is 1.47. The van der Waals surface area contributed by atoms with Crippen LogP contribution in [0.4, 0.5) is 11.5 Å². The Morgan fingerprint density at radius 1 is 1.06 bits per heavy atom. The minimum absolute atomic E-state index is 0.0138. The molecule has 4 aromatic rings. The Balaban J connectivity index is 1.69. The van der Waals surface area contributed by atoms with E-state index < -0.39 is 0 Å². The van der Waals surface area contributed by atoms with Crippen LogP contribution >= 0.6 is 0 Å². The standard InChI is InChI=1S/C25H30N6O/c1-2-3-9-21-30-23-24(19-7-4-5-8-20(19)29-25(23)27)31(21)16-17-11-13-18(14-12-17)28-22(32)10-6-15-26/h4-5,7-8,11-14H,2-3,6,9-10,15-16,26H2,1H3,(H2,27,29)(H,28,32). The molecule has 0 aliphatic heterocycles. The van der Waals surface area contributed by atoms with Gasteiger partial charge in [-0.15, -0.1) is 0 Å². The molecule has 0 radical (unpaired) electrons. The van der Waals surface area contributed by atoms with Gasteiger partial charge in [0.2, 0.25) is 5.91 Å². The summed E-state index contributed by atoms with van der Waals surface area (Å²) >= 11 is 0. The van der Waals surface area contributed by atoms with Crippen molar-refractivity contribution < 1.29 is 4.79 Å². The Kier molecular flexibility index (Phi) is 6.66. The number of nitrogen functional groups attached to an aromatic ring is 1. The maximum Gasteiger partial charge on any atom is 0.224 e. The molecule has 0 saturated heterocycles. The molecule has 4 rings (SSSR count). The highest BCUT2D eigenvalue weighted by Crippen LogP contribution is 2.30. The van der Waals surface area contributed by atoms with Crippen LogP contribution in [0, 0.1) is 0 Å². The molecule has 0 aliphatic rings. The molecule has 7 nitrogen and oxygen atoms in total. The van der Waals surface area contributed by atoms with Gasteiger partial charge in [-0.2, -0.15) is 0 Å². The number of imidazole rings is 1. The molecule has 2 aromatic carbocycles. The Bertz CT molecular complexity index is 1230. The van der Waals surface area contributed by atoms with Gasteiger partial charge in [0.15, 0.2) is 5.82 Å². The van der Waals surface area contributed by atoms with E-state index in [4.69, 9.17) is 16.5 Å². The Morgan fingerprint density at radius 2 is 1.84 bits per heavy atom. The van der Waals surface area contributed by atoms with Crippen LogP contribution in [0.5, 0.6) is 0 Å². The average molecular weight is 431 g/mol. The van der Waals surface area contributed by atoms with Gasteiger partial charge >= 0.3 is 0 Å². The highest BCUT2D eigenvalue weighted by atomic mass is 16.1. The van der Waals surface area contributed by atoms with Crippen LogP contribution in [0.1, 0.15) is 44.0 Å². The van der Waals surface area contributed by atoms with Crippen molar-refractivity contribution in [3.63, 3.8) is 0 Å². The summed E-state index contributed by atoms with van der Waals surface area (Å²) in [6.07, 6.45) is 4.15. The van der Waals surface area contributed by atoms with Crippen LogP contribution in [0.25, 0.3) is 21.9 Å². The van der Waals surface area contributed by atoms with Gasteiger partial charge < -0.3 is 21.4 Å². The first-order valence-corrected chi connectivity index (χ1v) is 11.2. The topological polar surface area (TPSA) is 112 Å². The number of hydrogen-bond acceptors (Lipinski definition) is 5. The minimum atomic E-state index is -0.0138. The van der Waals surface area contributed by atoms with E-state index in [0.29, 0.717) is 31.7 Å². The fraction of sp³-hybridized carbons (Fsp3) is 0.320. The van der Waals surface area contributed by atoms with E-state index in [1.54, 1.807) is 0 Å². The lowest BCUT2D eigenvalue weighted by Crippen LogP contribution is -2.13. The molecule has 2 heterocycles. The maximum absolute atomic E-state index is 12.0. The number of rotatable bonds is 9. The van der Waals surface area contributed by atoms with Gasteiger partial charge in [-0.05, 0) is 43.1 Å². The Labute approximate surface area is 187 Å². The zero-order valence-electron chi connectivity index (χ0n) is 18.5. The van der Waals surface area contributed by atoms with Crippen LogP contribution in [-0.2, 0) is 17.8 Å². The van der Waals surface area contributed by atoms with Crippen LogP contribution in [0.3, 0.4) is 0 Å². The van der Waals surface area contributed by atoms with E-state index in [-0.39, 0.29) is 5.91 Å². The summed E-state index contributed by atoms with van der Waals surface area (Å²) in [5, 5.41) is 3.98. The average Bonchev–Trinajstić information content (AvgIpc) is 3.16. The van der Waals surface area contributed by atoms with Crippen LogP contribution in [0.15, 0.2) is 48.5 Å². The smallest absolute Gasteiger partial charge is 0.224 e. The molecule has 0 atom stereocenters. The molecule has 0 unspecified atom stereocenters. The Morgan fingerprint density at radius 3 is 2.59 bits per heavy atom. The van der Waals surface area contributed by atoms with Crippen molar-refractivity contribution in [1.82, 2.24) is 14.5 Å². The van der Waals surface area contributed by atoms with Crippen molar-refractivity contribution in [2.45, 2.75) is 45.6 Å². The van der Waals surface area contributed by atoms with Gasteiger partial charge in [0.05, 0.1) is 11.0 Å². The molecular formula is C25H30N6O. The lowest BCUT2D eigenvalue weighted by molar-refractivity contribution is -0.116. The third-order valence-corrected chi connectivity index (χ3v) is 5.63. The van der Waals surface area contributed by atoms with E-state index in [9.17, 15) is 4.79 Å². The molecule has 0 bridgehead atoms. The molecule has 166 valence electrons. The normalized spacial score (nSPS) is 11.3. The highest BCUT2D eigenvalue weighted by molar-refractivity contribution is 6.06. The number of anilines is 2. The SMILES string of the molecule is CCCCc1nc2c(N)nc3ccccc3c2n1Cc1ccc(NC(=O)CCCN)cc1. The summed E-state index contributed by atoms with van der Waals surface area (Å²) in [4.78, 5) is 21.4. The fourth-order valence-electron chi connectivity index (χ4n) is 3.96. The van der Waals surface area contributed by atoms with Gasteiger partial charge in [0.25, 0.3) is 0 Å². The molecule has 0 aliphatic carbocycles. The highest BCUT2D eigenvalue weighted by Gasteiger charge is 2.17. The summed E-state index contributed by atoms with van der Waals surface area (Å²) < 4.78 is 2.26. The van der Waals surface area contributed by atoms with Gasteiger partial charge in [0.1, 0.15) is 11.3 Å². The zero-order valence-corrected chi connectivity index (χ0v) is 18.5. The molecule has 0 saturated carbocycles. The number of nitrogens with two attached hydrogens (primary N) is 2. The molecule has 0 fully saturated rings. The summed E-state index contributed by atoms with van der Waals surface area (Å²) in [6, 6.07) is 16.0.